The highest BCUT2D eigenvalue weighted by atomic mass is 16.5. The van der Waals surface area contributed by atoms with Crippen molar-refractivity contribution in [1.29, 1.82) is 0 Å². The van der Waals surface area contributed by atoms with E-state index in [1.807, 2.05) is 36.1 Å². The van der Waals surface area contributed by atoms with Crippen LogP contribution in [0.5, 0.6) is 5.75 Å². The Labute approximate surface area is 153 Å². The Morgan fingerprint density at radius 3 is 3.04 bits per heavy atom. The molecule has 1 aliphatic heterocycles. The van der Waals surface area contributed by atoms with Gasteiger partial charge in [-0.15, -0.1) is 0 Å². The van der Waals surface area contributed by atoms with Crippen LogP contribution in [0.4, 0.5) is 0 Å². The highest BCUT2D eigenvalue weighted by Crippen LogP contribution is 2.34. The van der Waals surface area contributed by atoms with Gasteiger partial charge >= 0.3 is 0 Å². The summed E-state index contributed by atoms with van der Waals surface area (Å²) in [7, 11) is 0. The summed E-state index contributed by atoms with van der Waals surface area (Å²) >= 11 is 0. The average Bonchev–Trinajstić information content (AvgIpc) is 3.40. The molecule has 2 aliphatic rings. The first-order chi connectivity index (χ1) is 12.7. The largest absolute Gasteiger partial charge is 0.493 e. The zero-order valence-corrected chi connectivity index (χ0v) is 15.2. The summed E-state index contributed by atoms with van der Waals surface area (Å²) in [5, 5.41) is 4.09. The molecule has 1 amide bonds. The first-order valence-electron chi connectivity index (χ1n) is 9.50. The van der Waals surface area contributed by atoms with Crippen LogP contribution in [-0.2, 0) is 11.2 Å². The van der Waals surface area contributed by atoms with E-state index in [2.05, 4.69) is 10.1 Å². The van der Waals surface area contributed by atoms with Crippen LogP contribution in [0, 0.1) is 12.8 Å². The minimum atomic E-state index is 0.158. The summed E-state index contributed by atoms with van der Waals surface area (Å²) in [6, 6.07) is 7.98. The van der Waals surface area contributed by atoms with Crippen LogP contribution >= 0.6 is 0 Å². The van der Waals surface area contributed by atoms with Crippen LogP contribution in [0.25, 0.3) is 0 Å². The molecule has 138 valence electrons. The summed E-state index contributed by atoms with van der Waals surface area (Å²) in [4.78, 5) is 18.8. The zero-order valence-electron chi connectivity index (χ0n) is 15.2. The van der Waals surface area contributed by atoms with Gasteiger partial charge in [-0.2, -0.15) is 4.98 Å². The number of aryl methyl sites for hydroxylation is 1. The fourth-order valence-corrected chi connectivity index (χ4v) is 3.47. The van der Waals surface area contributed by atoms with Crippen molar-refractivity contribution in [2.45, 2.75) is 44.9 Å². The molecule has 26 heavy (non-hydrogen) atoms. The van der Waals surface area contributed by atoms with E-state index < -0.39 is 0 Å². The predicted molar refractivity (Wildman–Crippen MR) is 96.0 cm³/mol. The normalized spacial score (nSPS) is 20.2. The van der Waals surface area contributed by atoms with Crippen molar-refractivity contribution in [2.24, 2.45) is 5.92 Å². The molecule has 1 aromatic carbocycles. The molecule has 2 heterocycles. The third kappa shape index (κ3) is 4.06. The number of amides is 1. The molecule has 2 aromatic rings. The molecule has 0 spiro atoms. The van der Waals surface area contributed by atoms with Crippen molar-refractivity contribution in [1.82, 2.24) is 15.0 Å². The average molecular weight is 355 g/mol. The minimum absolute atomic E-state index is 0.158. The number of hydrogen-bond donors (Lipinski definition) is 0. The summed E-state index contributed by atoms with van der Waals surface area (Å²) in [5.74, 6) is 2.91. The SMILES string of the molecule is Cc1cccc(OCCc2noc(C3CCCN(C(=O)C4CC4)C3)n2)c1. The zero-order chi connectivity index (χ0) is 17.9. The van der Waals surface area contributed by atoms with Crippen LogP contribution in [-0.4, -0.2) is 40.6 Å². The van der Waals surface area contributed by atoms with Gasteiger partial charge in [-0.25, -0.2) is 0 Å². The molecule has 1 saturated carbocycles. The number of benzene rings is 1. The Morgan fingerprint density at radius 2 is 2.23 bits per heavy atom. The fourth-order valence-electron chi connectivity index (χ4n) is 3.47. The van der Waals surface area contributed by atoms with Gasteiger partial charge in [-0.05, 0) is 50.3 Å². The number of carbonyl (C=O) groups is 1. The molecule has 0 bridgehead atoms. The standard InChI is InChI=1S/C20H25N3O3/c1-14-4-2-6-17(12-14)25-11-9-18-21-19(26-22-18)16-5-3-10-23(13-16)20(24)15-7-8-15/h2,4,6,12,15-16H,3,5,7-11,13H2,1H3. The van der Waals surface area contributed by atoms with Gasteiger partial charge in [0.05, 0.1) is 12.5 Å². The van der Waals surface area contributed by atoms with Gasteiger partial charge < -0.3 is 14.2 Å². The third-order valence-corrected chi connectivity index (χ3v) is 5.08. The Hall–Kier alpha value is -2.37. The molecular weight excluding hydrogens is 330 g/mol. The molecule has 1 aromatic heterocycles. The van der Waals surface area contributed by atoms with Crippen LogP contribution < -0.4 is 4.74 Å². The van der Waals surface area contributed by atoms with Crippen molar-refractivity contribution in [3.05, 3.63) is 41.5 Å². The number of nitrogens with zero attached hydrogens (tertiary/aromatic N) is 3. The second-order valence-electron chi connectivity index (χ2n) is 7.36. The van der Waals surface area contributed by atoms with E-state index in [-0.39, 0.29) is 11.8 Å². The minimum Gasteiger partial charge on any atom is -0.493 e. The monoisotopic (exact) mass is 355 g/mol. The fraction of sp³-hybridized carbons (Fsp3) is 0.550. The molecule has 1 unspecified atom stereocenters. The van der Waals surface area contributed by atoms with Gasteiger partial charge in [0.1, 0.15) is 5.75 Å². The summed E-state index contributed by atoms with van der Waals surface area (Å²) in [5.41, 5.74) is 1.17. The molecular formula is C20H25N3O3. The lowest BCUT2D eigenvalue weighted by molar-refractivity contribution is -0.133. The van der Waals surface area contributed by atoms with Crippen molar-refractivity contribution in [2.75, 3.05) is 19.7 Å². The van der Waals surface area contributed by atoms with E-state index in [4.69, 9.17) is 9.26 Å². The number of carbonyl (C=O) groups excluding carboxylic acids is 1. The lowest BCUT2D eigenvalue weighted by Gasteiger charge is -2.31. The van der Waals surface area contributed by atoms with E-state index in [1.54, 1.807) is 0 Å². The van der Waals surface area contributed by atoms with Gasteiger partial charge in [0, 0.05) is 25.4 Å². The lowest BCUT2D eigenvalue weighted by atomic mass is 9.97. The van der Waals surface area contributed by atoms with Gasteiger partial charge in [-0.1, -0.05) is 17.3 Å². The Morgan fingerprint density at radius 1 is 1.35 bits per heavy atom. The molecule has 1 aliphatic carbocycles. The molecule has 1 saturated heterocycles. The van der Waals surface area contributed by atoms with Gasteiger partial charge in [0.2, 0.25) is 11.8 Å². The topological polar surface area (TPSA) is 68.5 Å². The third-order valence-electron chi connectivity index (χ3n) is 5.08. The van der Waals surface area contributed by atoms with E-state index in [0.717, 1.165) is 38.0 Å². The number of hydrogen-bond acceptors (Lipinski definition) is 5. The predicted octanol–water partition coefficient (Wildman–Crippen LogP) is 3.12. The number of aromatic nitrogens is 2. The molecule has 2 fully saturated rings. The smallest absolute Gasteiger partial charge is 0.231 e. The van der Waals surface area contributed by atoms with E-state index in [1.165, 1.54) is 5.56 Å². The Bertz CT molecular complexity index is 769. The van der Waals surface area contributed by atoms with Crippen molar-refractivity contribution in [3.63, 3.8) is 0 Å². The Kier molecular flexibility index (Phi) is 4.91. The second kappa shape index (κ2) is 7.48. The maximum Gasteiger partial charge on any atom is 0.231 e. The van der Waals surface area contributed by atoms with Crippen LogP contribution in [0.3, 0.4) is 0 Å². The van der Waals surface area contributed by atoms with Crippen LogP contribution in [0.2, 0.25) is 0 Å². The summed E-state index contributed by atoms with van der Waals surface area (Å²) < 4.78 is 11.2. The highest BCUT2D eigenvalue weighted by Gasteiger charge is 2.36. The maximum absolute atomic E-state index is 12.3. The summed E-state index contributed by atoms with van der Waals surface area (Å²) in [6.07, 6.45) is 4.69. The Balaban J connectivity index is 1.30. The van der Waals surface area contributed by atoms with E-state index >= 15 is 0 Å². The van der Waals surface area contributed by atoms with Gasteiger partial charge in [-0.3, -0.25) is 4.79 Å². The van der Waals surface area contributed by atoms with Gasteiger partial charge in [0.25, 0.3) is 0 Å². The van der Waals surface area contributed by atoms with Crippen molar-refractivity contribution < 1.29 is 14.1 Å². The quantitative estimate of drug-likeness (QED) is 0.796. The number of ether oxygens (including phenoxy) is 1. The first kappa shape index (κ1) is 17.1. The van der Waals surface area contributed by atoms with Gasteiger partial charge in [0.15, 0.2) is 5.82 Å². The van der Waals surface area contributed by atoms with Crippen LogP contribution in [0.15, 0.2) is 28.8 Å². The number of likely N-dealkylation sites (tertiary alicyclic amines) is 1. The summed E-state index contributed by atoms with van der Waals surface area (Å²) in [6.45, 7) is 4.12. The number of piperidine rings is 1. The maximum atomic E-state index is 12.3. The molecule has 6 nitrogen and oxygen atoms in total. The van der Waals surface area contributed by atoms with E-state index in [9.17, 15) is 4.79 Å². The molecule has 6 heteroatoms. The van der Waals surface area contributed by atoms with Crippen molar-refractivity contribution in [3.8, 4) is 5.75 Å². The molecule has 4 rings (SSSR count). The number of rotatable bonds is 6. The molecule has 0 radical (unpaired) electrons. The molecule has 1 atom stereocenters. The van der Waals surface area contributed by atoms with Crippen LogP contribution in [0.1, 0.15) is 48.9 Å². The first-order valence-corrected chi connectivity index (χ1v) is 9.50. The van der Waals surface area contributed by atoms with Crippen molar-refractivity contribution >= 4 is 5.91 Å². The second-order valence-corrected chi connectivity index (χ2v) is 7.36. The highest BCUT2D eigenvalue weighted by molar-refractivity contribution is 5.81. The van der Waals surface area contributed by atoms with E-state index in [0.29, 0.717) is 37.2 Å². The lowest BCUT2D eigenvalue weighted by Crippen LogP contribution is -2.40. The molecule has 0 N–H and O–H groups in total.